The first-order valence-electron chi connectivity index (χ1n) is 5.12. The van der Waals surface area contributed by atoms with E-state index in [9.17, 15) is 8.78 Å². The summed E-state index contributed by atoms with van der Waals surface area (Å²) in [6.45, 7) is 5.04. The van der Waals surface area contributed by atoms with Crippen LogP contribution in [0, 0.1) is 0 Å². The van der Waals surface area contributed by atoms with Crippen LogP contribution in [0.2, 0.25) is 0 Å². The fourth-order valence-corrected chi connectivity index (χ4v) is 1.32. The van der Waals surface area contributed by atoms with Crippen LogP contribution in [-0.4, -0.2) is 6.10 Å². The lowest BCUT2D eigenvalue weighted by atomic mass is 10.1. The van der Waals surface area contributed by atoms with Crippen molar-refractivity contribution >= 4 is 0 Å². The molecule has 1 nitrogen and oxygen atoms in total. The molecule has 0 radical (unpaired) electrons. The maximum atomic E-state index is 13.6. The summed E-state index contributed by atoms with van der Waals surface area (Å²) in [4.78, 5) is 0. The fraction of sp³-hybridized carbons (Fsp3) is 0.500. The summed E-state index contributed by atoms with van der Waals surface area (Å²) < 4.78 is 32.2. The monoisotopic (exact) mass is 214 g/mol. The number of hydrogen-bond donors (Lipinski definition) is 0. The van der Waals surface area contributed by atoms with Crippen molar-refractivity contribution in [2.24, 2.45) is 0 Å². The molecule has 0 aromatic rings. The van der Waals surface area contributed by atoms with Gasteiger partial charge in [0.05, 0.1) is 6.10 Å². The molecular weight excluding hydrogens is 198 g/mol. The molecule has 0 aromatic heterocycles. The van der Waals surface area contributed by atoms with Gasteiger partial charge in [0.15, 0.2) is 11.6 Å². The molecule has 3 heteroatoms. The van der Waals surface area contributed by atoms with Gasteiger partial charge in [-0.25, -0.2) is 4.39 Å². The van der Waals surface area contributed by atoms with Crippen LogP contribution in [0.15, 0.2) is 35.1 Å². The Kier molecular flexibility index (Phi) is 4.06. The Hall–Kier alpha value is -1.12. The van der Waals surface area contributed by atoms with Crippen LogP contribution in [-0.2, 0) is 4.74 Å². The molecular formula is C12H16F2O. The predicted molar refractivity (Wildman–Crippen MR) is 56.5 cm³/mol. The first-order valence-corrected chi connectivity index (χ1v) is 5.12. The third-order valence-electron chi connectivity index (χ3n) is 2.42. The van der Waals surface area contributed by atoms with E-state index in [1.807, 2.05) is 6.92 Å². The van der Waals surface area contributed by atoms with Gasteiger partial charge in [-0.05, 0) is 45.3 Å². The summed E-state index contributed by atoms with van der Waals surface area (Å²) in [5.74, 6) is -1.69. The molecule has 0 amide bonds. The lowest BCUT2D eigenvalue weighted by Gasteiger charge is -2.20. The Morgan fingerprint density at radius 2 is 2.20 bits per heavy atom. The van der Waals surface area contributed by atoms with Crippen LogP contribution in [0.3, 0.4) is 0 Å². The highest BCUT2D eigenvalue weighted by molar-refractivity contribution is 5.34. The van der Waals surface area contributed by atoms with Crippen LogP contribution in [0.25, 0.3) is 0 Å². The zero-order valence-corrected chi connectivity index (χ0v) is 9.31. The Balaban J connectivity index is 2.92. The molecule has 1 heterocycles. The summed E-state index contributed by atoms with van der Waals surface area (Å²) in [5, 5.41) is 0. The molecule has 15 heavy (non-hydrogen) atoms. The Morgan fingerprint density at radius 3 is 2.73 bits per heavy atom. The van der Waals surface area contributed by atoms with E-state index in [2.05, 4.69) is 0 Å². The van der Waals surface area contributed by atoms with Crippen LogP contribution in [0.5, 0.6) is 0 Å². The van der Waals surface area contributed by atoms with Crippen molar-refractivity contribution in [2.75, 3.05) is 0 Å². The highest BCUT2D eigenvalue weighted by Crippen LogP contribution is 2.28. The van der Waals surface area contributed by atoms with Crippen molar-refractivity contribution in [1.82, 2.24) is 0 Å². The van der Waals surface area contributed by atoms with Gasteiger partial charge in [-0.2, -0.15) is 4.39 Å². The number of rotatable bonds is 2. The van der Waals surface area contributed by atoms with E-state index in [4.69, 9.17) is 4.74 Å². The molecule has 84 valence electrons. The van der Waals surface area contributed by atoms with Gasteiger partial charge in [-0.1, -0.05) is 6.08 Å². The quantitative estimate of drug-likeness (QED) is 0.626. The molecule has 1 atom stereocenters. The van der Waals surface area contributed by atoms with E-state index >= 15 is 0 Å². The minimum absolute atomic E-state index is 0.0347. The van der Waals surface area contributed by atoms with E-state index < -0.39 is 11.7 Å². The SMILES string of the molecule is C/C=C(C)\C(F)=C(\F)C1=CCCC(C)O1. The number of ether oxygens (including phenoxy) is 1. The lowest BCUT2D eigenvalue weighted by Crippen LogP contribution is -2.12. The molecule has 0 N–H and O–H groups in total. The molecule has 0 aromatic carbocycles. The highest BCUT2D eigenvalue weighted by atomic mass is 19.2. The van der Waals surface area contributed by atoms with Gasteiger partial charge in [-0.3, -0.25) is 0 Å². The Bertz CT molecular complexity index is 327. The summed E-state index contributed by atoms with van der Waals surface area (Å²) in [6, 6.07) is 0. The van der Waals surface area contributed by atoms with E-state index in [1.54, 1.807) is 13.0 Å². The fourth-order valence-electron chi connectivity index (χ4n) is 1.32. The summed E-state index contributed by atoms with van der Waals surface area (Å²) in [7, 11) is 0. The molecule has 1 rings (SSSR count). The van der Waals surface area contributed by atoms with E-state index in [1.165, 1.54) is 13.0 Å². The molecule has 0 saturated carbocycles. The topological polar surface area (TPSA) is 9.23 Å². The molecule has 0 spiro atoms. The van der Waals surface area contributed by atoms with Gasteiger partial charge >= 0.3 is 0 Å². The zero-order chi connectivity index (χ0) is 11.4. The predicted octanol–water partition coefficient (Wildman–Crippen LogP) is 4.19. The lowest BCUT2D eigenvalue weighted by molar-refractivity contribution is 0.109. The summed E-state index contributed by atoms with van der Waals surface area (Å²) >= 11 is 0. The Morgan fingerprint density at radius 1 is 1.53 bits per heavy atom. The second kappa shape index (κ2) is 5.10. The molecule has 0 bridgehead atoms. The smallest absolute Gasteiger partial charge is 0.200 e. The minimum atomic E-state index is -0.892. The number of allylic oxidation sites excluding steroid dienone is 5. The van der Waals surface area contributed by atoms with Gasteiger partial charge in [0.25, 0.3) is 0 Å². The van der Waals surface area contributed by atoms with E-state index in [-0.39, 0.29) is 17.4 Å². The standard InChI is InChI=1S/C12H16F2O/c1-4-8(2)11(13)12(14)10-7-5-6-9(3)15-10/h4,7,9H,5-6H2,1-3H3/b8-4-,12-11-. The normalized spacial score (nSPS) is 24.2. The van der Waals surface area contributed by atoms with Crippen LogP contribution in [0.4, 0.5) is 8.78 Å². The second-order valence-electron chi connectivity index (χ2n) is 3.67. The number of halogens is 2. The minimum Gasteiger partial charge on any atom is -0.488 e. The van der Waals surface area contributed by atoms with Crippen LogP contribution >= 0.6 is 0 Å². The first-order chi connectivity index (χ1) is 7.06. The second-order valence-corrected chi connectivity index (χ2v) is 3.67. The maximum Gasteiger partial charge on any atom is 0.200 e. The van der Waals surface area contributed by atoms with Gasteiger partial charge in [0, 0.05) is 0 Å². The molecule has 0 aliphatic carbocycles. The molecule has 1 unspecified atom stereocenters. The zero-order valence-electron chi connectivity index (χ0n) is 9.31. The van der Waals surface area contributed by atoms with Crippen molar-refractivity contribution in [3.8, 4) is 0 Å². The third-order valence-corrected chi connectivity index (χ3v) is 2.42. The molecule has 0 saturated heterocycles. The maximum absolute atomic E-state index is 13.6. The molecule has 0 fully saturated rings. The number of hydrogen-bond acceptors (Lipinski definition) is 1. The average Bonchev–Trinajstić information content (AvgIpc) is 2.26. The molecule has 1 aliphatic heterocycles. The third kappa shape index (κ3) is 2.91. The average molecular weight is 214 g/mol. The van der Waals surface area contributed by atoms with Crippen molar-refractivity contribution in [3.63, 3.8) is 0 Å². The highest BCUT2D eigenvalue weighted by Gasteiger charge is 2.19. The molecule has 1 aliphatic rings. The summed E-state index contributed by atoms with van der Waals surface area (Å²) in [6.07, 6.45) is 4.65. The van der Waals surface area contributed by atoms with Crippen molar-refractivity contribution < 1.29 is 13.5 Å². The Labute approximate surface area is 89.1 Å². The van der Waals surface area contributed by atoms with Crippen molar-refractivity contribution in [1.29, 1.82) is 0 Å². The van der Waals surface area contributed by atoms with E-state index in [0.29, 0.717) is 0 Å². The van der Waals surface area contributed by atoms with Crippen molar-refractivity contribution in [2.45, 2.75) is 39.7 Å². The van der Waals surface area contributed by atoms with Gasteiger partial charge in [-0.15, -0.1) is 0 Å². The van der Waals surface area contributed by atoms with Gasteiger partial charge < -0.3 is 4.74 Å². The van der Waals surface area contributed by atoms with Crippen LogP contribution in [0.1, 0.15) is 33.6 Å². The van der Waals surface area contributed by atoms with E-state index in [0.717, 1.165) is 12.8 Å². The van der Waals surface area contributed by atoms with Crippen LogP contribution < -0.4 is 0 Å². The summed E-state index contributed by atoms with van der Waals surface area (Å²) in [5.41, 5.74) is 0.287. The first kappa shape index (κ1) is 12.0. The van der Waals surface area contributed by atoms with Gasteiger partial charge in [0.2, 0.25) is 5.83 Å². The van der Waals surface area contributed by atoms with Crippen molar-refractivity contribution in [3.05, 3.63) is 35.1 Å². The largest absolute Gasteiger partial charge is 0.488 e. The van der Waals surface area contributed by atoms with Gasteiger partial charge in [0.1, 0.15) is 0 Å².